The third-order valence-corrected chi connectivity index (χ3v) is 8.94. The van der Waals surface area contributed by atoms with E-state index in [0.29, 0.717) is 0 Å². The van der Waals surface area contributed by atoms with Gasteiger partial charge in [-0.1, -0.05) is 140 Å². The van der Waals surface area contributed by atoms with Crippen molar-refractivity contribution in [2.24, 2.45) is 0 Å². The Bertz CT molecular complexity index is 2520. The second-order valence-corrected chi connectivity index (χ2v) is 11.7. The lowest BCUT2D eigenvalue weighted by atomic mass is 9.92. The lowest BCUT2D eigenvalue weighted by molar-refractivity contribution is 0.602. The van der Waals surface area contributed by atoms with Crippen molar-refractivity contribution in [1.82, 2.24) is 0 Å². The predicted molar refractivity (Wildman–Crippen MR) is 191 cm³/mol. The van der Waals surface area contributed by atoms with Gasteiger partial charge in [0.1, 0.15) is 22.7 Å². The van der Waals surface area contributed by atoms with Gasteiger partial charge in [0.2, 0.25) is 0 Å². The Balaban J connectivity index is 1.25. The molecule has 0 aliphatic heterocycles. The summed E-state index contributed by atoms with van der Waals surface area (Å²) in [6, 6.07) is 59.6. The zero-order valence-corrected chi connectivity index (χ0v) is 25.0. The Morgan fingerprint density at radius 3 is 1.48 bits per heavy atom. The molecule has 0 atom stereocenters. The van der Waals surface area contributed by atoms with E-state index in [1.807, 2.05) is 12.1 Å². The first-order chi connectivity index (χ1) is 22.8. The standard InChI is InChI=1S/C44H28O2/c1-3-13-29(14-4-1)33-17-7-8-19-35(33)43-36-20-9-10-21-37(36)44(46-43)38-25-23-31(27-39(38)30-15-5-2-6-16-30)32-24-26-42-40(28-32)34-18-11-12-22-41(34)45-42/h1-28H. The molecule has 216 valence electrons. The van der Waals surface area contributed by atoms with Gasteiger partial charge in [-0.05, 0) is 63.7 Å². The van der Waals surface area contributed by atoms with Crippen molar-refractivity contribution in [3.05, 3.63) is 170 Å². The summed E-state index contributed by atoms with van der Waals surface area (Å²) >= 11 is 0. The first-order valence-corrected chi connectivity index (χ1v) is 15.6. The number of benzene rings is 7. The van der Waals surface area contributed by atoms with Crippen molar-refractivity contribution >= 4 is 32.7 Å². The molecule has 9 rings (SSSR count). The minimum atomic E-state index is 0.871. The molecule has 0 saturated heterocycles. The van der Waals surface area contributed by atoms with Crippen LogP contribution in [0.15, 0.2) is 179 Å². The van der Waals surface area contributed by atoms with Crippen LogP contribution >= 0.6 is 0 Å². The first-order valence-electron chi connectivity index (χ1n) is 15.6. The molecule has 2 aromatic heterocycles. The average Bonchev–Trinajstić information content (AvgIpc) is 3.71. The number of hydrogen-bond acceptors (Lipinski definition) is 2. The highest BCUT2D eigenvalue weighted by Crippen LogP contribution is 2.46. The van der Waals surface area contributed by atoms with E-state index in [9.17, 15) is 0 Å². The Morgan fingerprint density at radius 2 is 0.761 bits per heavy atom. The van der Waals surface area contributed by atoms with E-state index >= 15 is 0 Å². The molecule has 0 spiro atoms. The molecule has 2 heteroatoms. The number of hydrogen-bond donors (Lipinski definition) is 0. The molecular weight excluding hydrogens is 560 g/mol. The SMILES string of the molecule is c1ccc(-c2ccccc2-c2oc(-c3ccc(-c4ccc5oc6ccccc6c5c4)cc3-c3ccccc3)c3ccccc23)cc1. The third kappa shape index (κ3) is 4.35. The Kier molecular flexibility index (Phi) is 6.17. The van der Waals surface area contributed by atoms with Gasteiger partial charge < -0.3 is 8.83 Å². The first kappa shape index (κ1) is 26.3. The van der Waals surface area contributed by atoms with Crippen molar-refractivity contribution in [1.29, 1.82) is 0 Å². The van der Waals surface area contributed by atoms with Gasteiger partial charge in [0.25, 0.3) is 0 Å². The van der Waals surface area contributed by atoms with Crippen LogP contribution in [0, 0.1) is 0 Å². The third-order valence-electron chi connectivity index (χ3n) is 8.94. The summed E-state index contributed by atoms with van der Waals surface area (Å²) < 4.78 is 13.1. The fraction of sp³-hybridized carbons (Fsp3) is 0. The highest BCUT2D eigenvalue weighted by molar-refractivity contribution is 6.08. The largest absolute Gasteiger partial charge is 0.456 e. The maximum atomic E-state index is 6.99. The molecule has 46 heavy (non-hydrogen) atoms. The molecule has 0 unspecified atom stereocenters. The molecule has 0 aliphatic rings. The van der Waals surface area contributed by atoms with Crippen molar-refractivity contribution in [3.63, 3.8) is 0 Å². The molecular formula is C44H28O2. The summed E-state index contributed by atoms with van der Waals surface area (Å²) in [5.74, 6) is 1.75. The van der Waals surface area contributed by atoms with E-state index in [-0.39, 0.29) is 0 Å². The van der Waals surface area contributed by atoms with E-state index in [2.05, 4.69) is 158 Å². The Morgan fingerprint density at radius 1 is 0.261 bits per heavy atom. The summed E-state index contributed by atoms with van der Waals surface area (Å²) in [7, 11) is 0. The number of fused-ring (bicyclic) bond motifs is 4. The molecule has 0 radical (unpaired) electrons. The van der Waals surface area contributed by atoms with Crippen LogP contribution in [0.3, 0.4) is 0 Å². The van der Waals surface area contributed by atoms with Crippen molar-refractivity contribution in [3.8, 4) is 56.0 Å². The summed E-state index contributed by atoms with van der Waals surface area (Å²) in [6.07, 6.45) is 0. The molecule has 0 aliphatic carbocycles. The number of furan rings is 2. The van der Waals surface area contributed by atoms with Crippen LogP contribution in [-0.2, 0) is 0 Å². The quantitative estimate of drug-likeness (QED) is 0.200. The molecule has 2 heterocycles. The Labute approximate surface area is 266 Å². The van der Waals surface area contributed by atoms with Crippen LogP contribution in [0.1, 0.15) is 0 Å². The van der Waals surface area contributed by atoms with Gasteiger partial charge in [-0.25, -0.2) is 0 Å². The van der Waals surface area contributed by atoms with Crippen LogP contribution in [0.5, 0.6) is 0 Å². The molecule has 0 fully saturated rings. The fourth-order valence-corrected chi connectivity index (χ4v) is 6.73. The Hall–Kier alpha value is -6.12. The number of para-hydroxylation sites is 1. The van der Waals surface area contributed by atoms with Crippen LogP contribution in [0.2, 0.25) is 0 Å². The second kappa shape index (κ2) is 10.8. The summed E-state index contributed by atoms with van der Waals surface area (Å²) in [5.41, 5.74) is 10.8. The zero-order chi connectivity index (χ0) is 30.5. The lowest BCUT2D eigenvalue weighted by Crippen LogP contribution is -1.87. The van der Waals surface area contributed by atoms with Crippen LogP contribution < -0.4 is 0 Å². The molecule has 0 saturated carbocycles. The summed E-state index contributed by atoms with van der Waals surface area (Å²) in [6.45, 7) is 0. The summed E-state index contributed by atoms with van der Waals surface area (Å²) in [5, 5.41) is 4.44. The fourth-order valence-electron chi connectivity index (χ4n) is 6.73. The van der Waals surface area contributed by atoms with Crippen LogP contribution in [0.25, 0.3) is 88.7 Å². The van der Waals surface area contributed by atoms with Crippen molar-refractivity contribution in [2.45, 2.75) is 0 Å². The van der Waals surface area contributed by atoms with Gasteiger partial charge >= 0.3 is 0 Å². The lowest BCUT2D eigenvalue weighted by Gasteiger charge is -2.12. The number of rotatable bonds is 5. The smallest absolute Gasteiger partial charge is 0.143 e. The average molecular weight is 589 g/mol. The topological polar surface area (TPSA) is 26.3 Å². The molecule has 0 amide bonds. The normalized spacial score (nSPS) is 11.5. The molecule has 7 aromatic carbocycles. The van der Waals surface area contributed by atoms with Gasteiger partial charge in [-0.3, -0.25) is 0 Å². The van der Waals surface area contributed by atoms with Gasteiger partial charge in [-0.2, -0.15) is 0 Å². The molecule has 0 bridgehead atoms. The van der Waals surface area contributed by atoms with Gasteiger partial charge in [-0.15, -0.1) is 0 Å². The van der Waals surface area contributed by atoms with Crippen molar-refractivity contribution in [2.75, 3.05) is 0 Å². The minimum Gasteiger partial charge on any atom is -0.456 e. The molecule has 9 aromatic rings. The second-order valence-electron chi connectivity index (χ2n) is 11.7. The maximum Gasteiger partial charge on any atom is 0.143 e. The highest BCUT2D eigenvalue weighted by atomic mass is 16.3. The van der Waals surface area contributed by atoms with Gasteiger partial charge in [0.05, 0.1) is 0 Å². The van der Waals surface area contributed by atoms with Crippen LogP contribution in [0.4, 0.5) is 0 Å². The van der Waals surface area contributed by atoms with Crippen LogP contribution in [-0.4, -0.2) is 0 Å². The monoisotopic (exact) mass is 588 g/mol. The molecule has 0 N–H and O–H groups in total. The van der Waals surface area contributed by atoms with E-state index in [1.54, 1.807) is 0 Å². The highest BCUT2D eigenvalue weighted by Gasteiger charge is 2.21. The maximum absolute atomic E-state index is 6.99. The van der Waals surface area contributed by atoms with E-state index in [4.69, 9.17) is 8.83 Å². The minimum absolute atomic E-state index is 0.871. The van der Waals surface area contributed by atoms with E-state index in [1.165, 1.54) is 0 Å². The van der Waals surface area contributed by atoms with Gasteiger partial charge in [0.15, 0.2) is 0 Å². The van der Waals surface area contributed by atoms with Crippen molar-refractivity contribution < 1.29 is 8.83 Å². The zero-order valence-electron chi connectivity index (χ0n) is 25.0. The predicted octanol–water partition coefficient (Wildman–Crippen LogP) is 12.7. The van der Waals surface area contributed by atoms with Gasteiger partial charge in [0, 0.05) is 32.7 Å². The van der Waals surface area contributed by atoms with E-state index in [0.717, 1.165) is 88.7 Å². The molecule has 2 nitrogen and oxygen atoms in total. The summed E-state index contributed by atoms with van der Waals surface area (Å²) in [4.78, 5) is 0. The van der Waals surface area contributed by atoms with E-state index < -0.39 is 0 Å².